The molecule has 0 fully saturated rings. The van der Waals surface area contributed by atoms with Crippen molar-refractivity contribution in [1.29, 1.82) is 0 Å². The topological polar surface area (TPSA) is 115 Å². The Labute approximate surface area is 193 Å². The largest absolute Gasteiger partial charge is 0.461 e. The van der Waals surface area contributed by atoms with Crippen molar-refractivity contribution in [3.63, 3.8) is 0 Å². The summed E-state index contributed by atoms with van der Waals surface area (Å²) in [6, 6.07) is 15.8. The zero-order chi connectivity index (χ0) is 23.2. The molecule has 1 amide bonds. The zero-order valence-electron chi connectivity index (χ0n) is 18.2. The Kier molecular flexibility index (Phi) is 6.84. The second kappa shape index (κ2) is 10.1. The van der Waals surface area contributed by atoms with Crippen molar-refractivity contribution in [3.05, 3.63) is 70.0 Å². The van der Waals surface area contributed by atoms with Gasteiger partial charge in [-0.1, -0.05) is 55.5 Å². The van der Waals surface area contributed by atoms with Gasteiger partial charge in [-0.05, 0) is 28.8 Å². The number of thiazole rings is 1. The summed E-state index contributed by atoms with van der Waals surface area (Å²) >= 11 is 1.25. The van der Waals surface area contributed by atoms with Crippen molar-refractivity contribution in [1.82, 2.24) is 25.2 Å². The highest BCUT2D eigenvalue weighted by Crippen LogP contribution is 2.29. The number of tetrazole rings is 1. The number of rotatable bonds is 7. The normalized spacial score (nSPS) is 11.5. The highest BCUT2D eigenvalue weighted by molar-refractivity contribution is 7.07. The second-order valence-corrected chi connectivity index (χ2v) is 7.88. The van der Waals surface area contributed by atoms with Gasteiger partial charge in [-0.15, -0.1) is 21.5 Å². The van der Waals surface area contributed by atoms with Crippen LogP contribution in [0.3, 0.4) is 0 Å². The number of carbonyl (C=O) groups is 2. The maximum Gasteiger partial charge on any atom is 0.355 e. The van der Waals surface area contributed by atoms with E-state index in [9.17, 15) is 9.59 Å². The fourth-order valence-electron chi connectivity index (χ4n) is 3.31. The number of amides is 1. The van der Waals surface area contributed by atoms with Gasteiger partial charge in [-0.25, -0.2) is 4.79 Å². The van der Waals surface area contributed by atoms with Gasteiger partial charge >= 0.3 is 5.97 Å². The molecule has 0 atom stereocenters. The molecule has 0 spiro atoms. The summed E-state index contributed by atoms with van der Waals surface area (Å²) in [4.78, 5) is 29.0. The molecule has 0 aliphatic heterocycles. The van der Waals surface area contributed by atoms with E-state index in [1.807, 2.05) is 48.5 Å². The molecule has 0 unspecified atom stereocenters. The number of hydrogen-bond donors (Lipinski definition) is 1. The van der Waals surface area contributed by atoms with Crippen molar-refractivity contribution in [2.75, 3.05) is 6.61 Å². The first kappa shape index (κ1) is 22.3. The fourth-order valence-corrected chi connectivity index (χ4v) is 4.19. The second-order valence-electron chi connectivity index (χ2n) is 7.05. The highest BCUT2D eigenvalue weighted by atomic mass is 32.1. The predicted molar refractivity (Wildman–Crippen MR) is 123 cm³/mol. The number of carbonyl (C=O) groups excluding carboxylic acids is 2. The van der Waals surface area contributed by atoms with Gasteiger partial charge in [0.25, 0.3) is 0 Å². The summed E-state index contributed by atoms with van der Waals surface area (Å²) in [6.07, 6.45) is 0.293. The zero-order valence-corrected chi connectivity index (χ0v) is 19.0. The van der Waals surface area contributed by atoms with Crippen molar-refractivity contribution < 1.29 is 14.3 Å². The standard InChI is InChI=1S/C23H22N6O3S/c1-3-20(30)24-23-29(19(14-33-23)22(31)32-4-2)13-15-9-11-16(12-10-15)17-7-5-6-8-18(17)21-25-27-28-26-21/h5-12,14H,3-4,13H2,1-2H3,(H,25,26,27,28). The van der Waals surface area contributed by atoms with Gasteiger partial charge in [0, 0.05) is 17.4 Å². The Morgan fingerprint density at radius 3 is 2.52 bits per heavy atom. The molecule has 33 heavy (non-hydrogen) atoms. The molecule has 4 aromatic rings. The molecule has 0 aliphatic rings. The Morgan fingerprint density at radius 1 is 1.09 bits per heavy atom. The fraction of sp³-hybridized carbons (Fsp3) is 0.217. The van der Waals surface area contributed by atoms with E-state index in [0.29, 0.717) is 29.3 Å². The third-order valence-electron chi connectivity index (χ3n) is 4.92. The molecule has 2 heterocycles. The van der Waals surface area contributed by atoms with Crippen molar-refractivity contribution in [3.8, 4) is 22.5 Å². The molecule has 2 aromatic carbocycles. The van der Waals surface area contributed by atoms with Crippen LogP contribution in [0.25, 0.3) is 22.5 Å². The average molecular weight is 463 g/mol. The van der Waals surface area contributed by atoms with Crippen LogP contribution in [0.15, 0.2) is 58.9 Å². The van der Waals surface area contributed by atoms with Crippen molar-refractivity contribution in [2.45, 2.75) is 26.8 Å². The van der Waals surface area contributed by atoms with Crippen LogP contribution < -0.4 is 4.80 Å². The van der Waals surface area contributed by atoms with E-state index in [0.717, 1.165) is 22.3 Å². The van der Waals surface area contributed by atoms with E-state index in [1.165, 1.54) is 11.3 Å². The monoisotopic (exact) mass is 462 g/mol. The highest BCUT2D eigenvalue weighted by Gasteiger charge is 2.16. The third kappa shape index (κ3) is 4.96. The number of ether oxygens (including phenoxy) is 1. The van der Waals surface area contributed by atoms with Gasteiger partial charge in [0.2, 0.25) is 11.7 Å². The summed E-state index contributed by atoms with van der Waals surface area (Å²) in [7, 11) is 0. The number of benzene rings is 2. The maximum atomic E-state index is 12.4. The summed E-state index contributed by atoms with van der Waals surface area (Å²) in [5.74, 6) is -0.159. The predicted octanol–water partition coefficient (Wildman–Crippen LogP) is 3.46. The maximum absolute atomic E-state index is 12.4. The summed E-state index contributed by atoms with van der Waals surface area (Å²) in [5, 5.41) is 16.0. The van der Waals surface area contributed by atoms with Crippen molar-refractivity contribution in [2.24, 2.45) is 4.99 Å². The molecule has 168 valence electrons. The number of nitrogens with one attached hydrogen (secondary N) is 1. The Hall–Kier alpha value is -3.92. The smallest absolute Gasteiger partial charge is 0.355 e. The molecule has 0 radical (unpaired) electrons. The van der Waals surface area contributed by atoms with Crippen LogP contribution in [0.5, 0.6) is 0 Å². The van der Waals surface area contributed by atoms with Crippen LogP contribution in [0.1, 0.15) is 36.3 Å². The van der Waals surface area contributed by atoms with E-state index in [1.54, 1.807) is 23.8 Å². The molecule has 0 saturated carbocycles. The number of aromatic amines is 1. The molecule has 9 nitrogen and oxygen atoms in total. The third-order valence-corrected chi connectivity index (χ3v) is 5.79. The molecule has 0 bridgehead atoms. The number of nitrogens with zero attached hydrogens (tertiary/aromatic N) is 5. The lowest BCUT2D eigenvalue weighted by molar-refractivity contribution is -0.117. The van der Waals surface area contributed by atoms with E-state index in [2.05, 4.69) is 25.6 Å². The van der Waals surface area contributed by atoms with E-state index >= 15 is 0 Å². The van der Waals surface area contributed by atoms with Crippen LogP contribution >= 0.6 is 11.3 Å². The molecule has 1 N–H and O–H groups in total. The van der Waals surface area contributed by atoms with Gasteiger partial charge < -0.3 is 9.30 Å². The van der Waals surface area contributed by atoms with E-state index in [4.69, 9.17) is 4.74 Å². The number of aromatic nitrogens is 5. The lowest BCUT2D eigenvalue weighted by Gasteiger charge is -2.10. The molecular weight excluding hydrogens is 440 g/mol. The Morgan fingerprint density at radius 2 is 1.85 bits per heavy atom. The minimum atomic E-state index is -0.440. The molecular formula is C23H22N6O3S. The van der Waals surface area contributed by atoms with Gasteiger partial charge in [0.15, 0.2) is 4.80 Å². The molecule has 0 aliphatic carbocycles. The first-order valence-corrected chi connectivity index (χ1v) is 11.3. The Bertz CT molecular complexity index is 1320. The van der Waals surface area contributed by atoms with E-state index < -0.39 is 5.97 Å². The molecule has 2 aromatic heterocycles. The van der Waals surface area contributed by atoms with Crippen LogP contribution in [0.2, 0.25) is 0 Å². The van der Waals surface area contributed by atoms with Crippen LogP contribution in [-0.2, 0) is 16.1 Å². The molecule has 10 heteroatoms. The van der Waals surface area contributed by atoms with Gasteiger partial charge in [0.05, 0.1) is 13.2 Å². The van der Waals surface area contributed by atoms with Crippen LogP contribution in [0.4, 0.5) is 0 Å². The minimum absolute atomic E-state index is 0.241. The summed E-state index contributed by atoms with van der Waals surface area (Å²) in [6.45, 7) is 4.15. The SMILES string of the molecule is CCOC(=O)c1csc(=NC(=O)CC)n1Cc1ccc(-c2ccccc2-c2nn[nH]n2)cc1. The molecule has 0 saturated heterocycles. The minimum Gasteiger partial charge on any atom is -0.461 e. The average Bonchev–Trinajstić information content (AvgIpc) is 3.51. The first-order valence-electron chi connectivity index (χ1n) is 10.5. The van der Waals surface area contributed by atoms with E-state index in [-0.39, 0.29) is 12.5 Å². The first-order chi connectivity index (χ1) is 16.1. The van der Waals surface area contributed by atoms with Crippen LogP contribution in [-0.4, -0.2) is 43.7 Å². The van der Waals surface area contributed by atoms with Crippen molar-refractivity contribution >= 4 is 23.2 Å². The van der Waals surface area contributed by atoms with Gasteiger partial charge in [0.1, 0.15) is 5.69 Å². The van der Waals surface area contributed by atoms with Crippen LogP contribution in [0, 0.1) is 0 Å². The Balaban J connectivity index is 1.67. The lowest BCUT2D eigenvalue weighted by Crippen LogP contribution is -2.23. The van der Waals surface area contributed by atoms with Gasteiger partial charge in [-0.2, -0.15) is 10.2 Å². The summed E-state index contributed by atoms with van der Waals surface area (Å²) in [5.41, 5.74) is 4.16. The molecule has 4 rings (SSSR count). The number of esters is 1. The lowest BCUT2D eigenvalue weighted by atomic mass is 9.98. The van der Waals surface area contributed by atoms with Gasteiger partial charge in [-0.3, -0.25) is 4.79 Å². The quantitative estimate of drug-likeness (QED) is 0.421. The number of hydrogen-bond acceptors (Lipinski definition) is 7. The number of H-pyrrole nitrogens is 1. The summed E-state index contributed by atoms with van der Waals surface area (Å²) < 4.78 is 6.90.